The summed E-state index contributed by atoms with van der Waals surface area (Å²) in [6.07, 6.45) is 11.9. The van der Waals surface area contributed by atoms with Crippen molar-refractivity contribution in [2.24, 2.45) is 11.7 Å². The molecule has 1 amide bonds. The molecule has 0 aromatic heterocycles. The molecule has 21 heavy (non-hydrogen) atoms. The third-order valence-corrected chi connectivity index (χ3v) is 5.90. The van der Waals surface area contributed by atoms with E-state index >= 15 is 0 Å². The molecule has 0 radical (unpaired) electrons. The number of likely N-dealkylation sites (tertiary alicyclic amines) is 1. The zero-order valence-corrected chi connectivity index (χ0v) is 13.2. The molecular formula is C17H31N3O. The first-order valence-electron chi connectivity index (χ1n) is 9.01. The lowest BCUT2D eigenvalue weighted by Crippen LogP contribution is -2.47. The quantitative estimate of drug-likeness (QED) is 0.834. The Morgan fingerprint density at radius 3 is 2.33 bits per heavy atom. The van der Waals surface area contributed by atoms with Crippen LogP contribution in [0.15, 0.2) is 0 Å². The Labute approximate surface area is 128 Å². The molecule has 2 saturated carbocycles. The van der Waals surface area contributed by atoms with Gasteiger partial charge in [0.1, 0.15) is 0 Å². The van der Waals surface area contributed by atoms with E-state index in [1.54, 1.807) is 0 Å². The van der Waals surface area contributed by atoms with Gasteiger partial charge in [-0.1, -0.05) is 19.3 Å². The number of carbonyl (C=O) groups excluding carboxylic acids is 1. The Morgan fingerprint density at radius 2 is 1.71 bits per heavy atom. The number of hydrogen-bond acceptors (Lipinski definition) is 3. The standard InChI is InChI=1S/C17H31N3O/c18-16-7-3-4-13(16)12-17(21)19-14-8-10-20(11-9-14)15-5-1-2-6-15/h13-16H,1-12,18H2,(H,19,21)/t13-,16+/m0/s1. The van der Waals surface area contributed by atoms with E-state index in [2.05, 4.69) is 10.2 Å². The summed E-state index contributed by atoms with van der Waals surface area (Å²) in [5.41, 5.74) is 6.06. The lowest BCUT2D eigenvalue weighted by molar-refractivity contribution is -0.123. The van der Waals surface area contributed by atoms with Crippen LogP contribution in [0.25, 0.3) is 0 Å². The van der Waals surface area contributed by atoms with Gasteiger partial charge in [0.25, 0.3) is 0 Å². The molecule has 3 aliphatic rings. The zero-order valence-electron chi connectivity index (χ0n) is 13.2. The molecule has 4 nitrogen and oxygen atoms in total. The Balaban J connectivity index is 1.37. The van der Waals surface area contributed by atoms with Crippen LogP contribution in [0.2, 0.25) is 0 Å². The highest BCUT2D eigenvalue weighted by atomic mass is 16.1. The Kier molecular flexibility index (Phi) is 5.17. The molecule has 0 aromatic rings. The molecule has 3 rings (SSSR count). The van der Waals surface area contributed by atoms with Crippen molar-refractivity contribution in [2.75, 3.05) is 13.1 Å². The fraction of sp³-hybridized carbons (Fsp3) is 0.941. The number of amides is 1. The molecule has 0 aromatic carbocycles. The molecule has 1 heterocycles. The minimum absolute atomic E-state index is 0.233. The second-order valence-corrected chi connectivity index (χ2v) is 7.37. The molecule has 3 fully saturated rings. The summed E-state index contributed by atoms with van der Waals surface area (Å²) in [6, 6.07) is 1.48. The molecule has 4 heteroatoms. The molecule has 0 spiro atoms. The van der Waals surface area contributed by atoms with Crippen LogP contribution in [0, 0.1) is 5.92 Å². The summed E-state index contributed by atoms with van der Waals surface area (Å²) in [7, 11) is 0. The SMILES string of the molecule is N[C@@H]1CCC[C@H]1CC(=O)NC1CCN(C2CCCC2)CC1. The van der Waals surface area contributed by atoms with E-state index in [0.29, 0.717) is 18.4 Å². The largest absolute Gasteiger partial charge is 0.353 e. The van der Waals surface area contributed by atoms with Gasteiger partial charge < -0.3 is 16.0 Å². The molecular weight excluding hydrogens is 262 g/mol. The Bertz CT molecular complexity index is 346. The average Bonchev–Trinajstić information content (AvgIpc) is 3.12. The summed E-state index contributed by atoms with van der Waals surface area (Å²) >= 11 is 0. The lowest BCUT2D eigenvalue weighted by atomic mass is 9.98. The van der Waals surface area contributed by atoms with Gasteiger partial charge in [-0.3, -0.25) is 4.79 Å². The highest BCUT2D eigenvalue weighted by Crippen LogP contribution is 2.28. The number of nitrogens with one attached hydrogen (secondary N) is 1. The monoisotopic (exact) mass is 293 g/mol. The van der Waals surface area contributed by atoms with Gasteiger partial charge in [-0.05, 0) is 44.4 Å². The van der Waals surface area contributed by atoms with Gasteiger partial charge in [0.2, 0.25) is 5.91 Å². The summed E-state index contributed by atoms with van der Waals surface area (Å²) in [5, 5.41) is 3.26. The molecule has 0 bridgehead atoms. The van der Waals surface area contributed by atoms with Crippen LogP contribution >= 0.6 is 0 Å². The van der Waals surface area contributed by atoms with Gasteiger partial charge in [0.15, 0.2) is 0 Å². The Morgan fingerprint density at radius 1 is 1.00 bits per heavy atom. The van der Waals surface area contributed by atoms with Gasteiger partial charge in [-0.15, -0.1) is 0 Å². The van der Waals surface area contributed by atoms with Crippen LogP contribution in [0.5, 0.6) is 0 Å². The molecule has 3 N–H and O–H groups in total. The van der Waals surface area contributed by atoms with Gasteiger partial charge >= 0.3 is 0 Å². The van der Waals surface area contributed by atoms with E-state index < -0.39 is 0 Å². The maximum Gasteiger partial charge on any atom is 0.220 e. The van der Waals surface area contributed by atoms with Crippen LogP contribution in [0.1, 0.15) is 64.2 Å². The lowest BCUT2D eigenvalue weighted by Gasteiger charge is -2.36. The minimum atomic E-state index is 0.233. The summed E-state index contributed by atoms with van der Waals surface area (Å²) in [5.74, 6) is 0.653. The molecule has 0 unspecified atom stereocenters. The zero-order chi connectivity index (χ0) is 14.7. The third-order valence-electron chi connectivity index (χ3n) is 5.90. The van der Waals surface area contributed by atoms with Crippen molar-refractivity contribution in [3.63, 3.8) is 0 Å². The summed E-state index contributed by atoms with van der Waals surface area (Å²) in [4.78, 5) is 14.8. The van der Waals surface area contributed by atoms with Crippen LogP contribution in [0.3, 0.4) is 0 Å². The van der Waals surface area contributed by atoms with Crippen LogP contribution < -0.4 is 11.1 Å². The molecule has 1 saturated heterocycles. The number of nitrogens with two attached hydrogens (primary N) is 1. The smallest absolute Gasteiger partial charge is 0.220 e. The van der Waals surface area contributed by atoms with Gasteiger partial charge in [-0.25, -0.2) is 0 Å². The van der Waals surface area contributed by atoms with Crippen LogP contribution in [0.4, 0.5) is 0 Å². The predicted octanol–water partition coefficient (Wildman–Crippen LogP) is 2.03. The first kappa shape index (κ1) is 15.3. The third kappa shape index (κ3) is 3.98. The van der Waals surface area contributed by atoms with Crippen molar-refractivity contribution in [3.8, 4) is 0 Å². The second kappa shape index (κ2) is 7.10. The van der Waals surface area contributed by atoms with E-state index in [1.165, 1.54) is 45.2 Å². The minimum Gasteiger partial charge on any atom is -0.353 e. The highest BCUT2D eigenvalue weighted by Gasteiger charge is 2.29. The number of rotatable bonds is 4. The number of nitrogens with zero attached hydrogens (tertiary/aromatic N) is 1. The maximum absolute atomic E-state index is 12.2. The summed E-state index contributed by atoms with van der Waals surface area (Å²) < 4.78 is 0. The van der Waals surface area contributed by atoms with Gasteiger partial charge in [0.05, 0.1) is 0 Å². The molecule has 120 valence electrons. The van der Waals surface area contributed by atoms with Crippen molar-refractivity contribution in [2.45, 2.75) is 82.3 Å². The number of hydrogen-bond donors (Lipinski definition) is 2. The second-order valence-electron chi connectivity index (χ2n) is 7.37. The number of carbonyl (C=O) groups is 1. The maximum atomic E-state index is 12.2. The molecule has 1 aliphatic heterocycles. The van der Waals surface area contributed by atoms with Gasteiger partial charge in [-0.2, -0.15) is 0 Å². The predicted molar refractivity (Wildman–Crippen MR) is 84.9 cm³/mol. The average molecular weight is 293 g/mol. The first-order valence-corrected chi connectivity index (χ1v) is 9.01. The normalized spacial score (nSPS) is 32.6. The van der Waals surface area contributed by atoms with Crippen molar-refractivity contribution in [1.29, 1.82) is 0 Å². The summed E-state index contributed by atoms with van der Waals surface area (Å²) in [6.45, 7) is 2.33. The van der Waals surface area contributed by atoms with Crippen molar-refractivity contribution in [1.82, 2.24) is 10.2 Å². The molecule has 2 atom stereocenters. The fourth-order valence-electron chi connectivity index (χ4n) is 4.52. The van der Waals surface area contributed by atoms with E-state index in [9.17, 15) is 4.79 Å². The van der Waals surface area contributed by atoms with Crippen molar-refractivity contribution in [3.05, 3.63) is 0 Å². The topological polar surface area (TPSA) is 58.4 Å². The van der Waals surface area contributed by atoms with Gasteiger partial charge in [0, 0.05) is 37.6 Å². The van der Waals surface area contributed by atoms with E-state index in [-0.39, 0.29) is 11.9 Å². The molecule has 2 aliphatic carbocycles. The van der Waals surface area contributed by atoms with Crippen molar-refractivity contribution < 1.29 is 4.79 Å². The fourth-order valence-corrected chi connectivity index (χ4v) is 4.52. The Hall–Kier alpha value is -0.610. The van der Waals surface area contributed by atoms with E-state index in [0.717, 1.165) is 31.7 Å². The van der Waals surface area contributed by atoms with E-state index in [4.69, 9.17) is 5.73 Å². The highest BCUT2D eigenvalue weighted by molar-refractivity contribution is 5.76. The van der Waals surface area contributed by atoms with Crippen LogP contribution in [-0.2, 0) is 4.79 Å². The van der Waals surface area contributed by atoms with Crippen LogP contribution in [-0.4, -0.2) is 42.0 Å². The van der Waals surface area contributed by atoms with Crippen molar-refractivity contribution >= 4 is 5.91 Å². The first-order chi connectivity index (χ1) is 10.2. The van der Waals surface area contributed by atoms with E-state index in [1.807, 2.05) is 0 Å². The number of piperidine rings is 1.